The smallest absolute Gasteiger partial charge is 0.250 e. The Bertz CT molecular complexity index is 838. The van der Waals surface area contributed by atoms with Gasteiger partial charge in [-0.1, -0.05) is 18.2 Å². The Morgan fingerprint density at radius 3 is 2.92 bits per heavy atom. The maximum absolute atomic E-state index is 14.6. The molecule has 1 amide bonds. The highest BCUT2D eigenvalue weighted by Crippen LogP contribution is 2.30. The third kappa shape index (κ3) is 3.62. The van der Waals surface area contributed by atoms with E-state index in [1.807, 2.05) is 6.07 Å². The van der Waals surface area contributed by atoms with Crippen LogP contribution in [0.5, 0.6) is 0 Å². The molecule has 1 heterocycles. The number of amides is 1. The van der Waals surface area contributed by atoms with E-state index in [4.69, 9.17) is 11.1 Å². The first-order chi connectivity index (χ1) is 12.4. The van der Waals surface area contributed by atoms with Crippen LogP contribution in [-0.2, 0) is 10.1 Å². The zero-order valence-electron chi connectivity index (χ0n) is 14.7. The minimum atomic E-state index is -0.657. The molecule has 5 N–H and O–H groups in total. The summed E-state index contributed by atoms with van der Waals surface area (Å²) in [6.45, 7) is 1.85. The van der Waals surface area contributed by atoms with Crippen LogP contribution in [0, 0.1) is 11.2 Å². The molecule has 0 spiro atoms. The molecule has 2 aliphatic rings. The molecule has 1 aromatic carbocycles. The Balaban J connectivity index is 1.77. The third-order valence-corrected chi connectivity index (χ3v) is 5.01. The van der Waals surface area contributed by atoms with Gasteiger partial charge in [0.2, 0.25) is 0 Å². The summed E-state index contributed by atoms with van der Waals surface area (Å²) < 4.78 is 14.6. The molecule has 0 saturated carbocycles. The summed E-state index contributed by atoms with van der Waals surface area (Å²) in [7, 11) is 2.15. The monoisotopic (exact) mass is 352 g/mol. The Kier molecular flexibility index (Phi) is 5.09. The molecule has 1 atom stereocenters. The second-order valence-corrected chi connectivity index (χ2v) is 6.96. The molecule has 1 aromatic rings. The minimum Gasteiger partial charge on any atom is -0.366 e. The van der Waals surface area contributed by atoms with E-state index in [9.17, 15) is 9.18 Å². The SMILES string of the molecule is BC1(c2ccc(N/C=C3/C=CC=C(C(N)=O)C3=N)c(F)c2)CCCNC1. The van der Waals surface area contributed by atoms with E-state index in [0.29, 0.717) is 11.3 Å². The van der Waals surface area contributed by atoms with E-state index in [2.05, 4.69) is 18.5 Å². The van der Waals surface area contributed by atoms with Crippen molar-refractivity contribution in [3.63, 3.8) is 0 Å². The second-order valence-electron chi connectivity index (χ2n) is 6.96. The Hall–Kier alpha value is -2.67. The quantitative estimate of drug-likeness (QED) is 0.617. The lowest BCUT2D eigenvalue weighted by molar-refractivity contribution is -0.114. The van der Waals surface area contributed by atoms with Crippen molar-refractivity contribution in [2.75, 3.05) is 18.4 Å². The van der Waals surface area contributed by atoms with Gasteiger partial charge < -0.3 is 16.4 Å². The van der Waals surface area contributed by atoms with Crippen molar-refractivity contribution >= 4 is 25.2 Å². The van der Waals surface area contributed by atoms with Crippen LogP contribution >= 0.6 is 0 Å². The minimum absolute atomic E-state index is 0.0188. The predicted molar refractivity (Wildman–Crippen MR) is 105 cm³/mol. The summed E-state index contributed by atoms with van der Waals surface area (Å²) in [4.78, 5) is 11.3. The van der Waals surface area contributed by atoms with Gasteiger partial charge in [0.05, 0.1) is 17.0 Å². The molecule has 1 aliphatic heterocycles. The van der Waals surface area contributed by atoms with Crippen LogP contribution in [0.4, 0.5) is 10.1 Å². The molecule has 1 unspecified atom stereocenters. The molecule has 0 radical (unpaired) electrons. The number of nitrogens with two attached hydrogens (primary N) is 1. The zero-order valence-corrected chi connectivity index (χ0v) is 14.7. The number of carbonyl (C=O) groups is 1. The maximum atomic E-state index is 14.6. The standard InChI is InChI=1S/C19H22BFN4O/c20-19(7-2-8-24-11-19)13-5-6-16(15(21)9-13)25-10-12-3-1-4-14(17(12)22)18(23)26/h1,3-6,9-10,22,24-25H,2,7-8,11,20H2,(H2,23,26)/b12-10-,22-17?. The highest BCUT2D eigenvalue weighted by Gasteiger charge is 2.29. The van der Waals surface area contributed by atoms with Crippen molar-refractivity contribution in [2.24, 2.45) is 5.73 Å². The van der Waals surface area contributed by atoms with E-state index in [-0.39, 0.29) is 22.4 Å². The van der Waals surface area contributed by atoms with E-state index in [1.54, 1.807) is 24.3 Å². The van der Waals surface area contributed by atoms with E-state index >= 15 is 0 Å². The van der Waals surface area contributed by atoms with Crippen LogP contribution in [0.1, 0.15) is 18.4 Å². The number of primary amides is 1. The van der Waals surface area contributed by atoms with Crippen molar-refractivity contribution in [3.05, 3.63) is 65.2 Å². The van der Waals surface area contributed by atoms with Gasteiger partial charge in [-0.25, -0.2) is 4.39 Å². The normalized spacial score (nSPS) is 24.4. The molecule has 5 nitrogen and oxygen atoms in total. The Morgan fingerprint density at radius 1 is 1.46 bits per heavy atom. The van der Waals surface area contributed by atoms with Gasteiger partial charge in [-0.3, -0.25) is 10.2 Å². The average molecular weight is 352 g/mol. The van der Waals surface area contributed by atoms with Gasteiger partial charge in [0.15, 0.2) is 0 Å². The van der Waals surface area contributed by atoms with Gasteiger partial charge in [-0.05, 0) is 55.0 Å². The molecule has 134 valence electrons. The zero-order chi connectivity index (χ0) is 18.7. The van der Waals surface area contributed by atoms with Gasteiger partial charge in [0.25, 0.3) is 5.91 Å². The summed E-state index contributed by atoms with van der Waals surface area (Å²) in [6.07, 6.45) is 8.42. The Morgan fingerprint density at radius 2 is 2.27 bits per heavy atom. The first kappa shape index (κ1) is 18.1. The summed E-state index contributed by atoms with van der Waals surface area (Å²) >= 11 is 0. The fraction of sp³-hybridized carbons (Fsp3) is 0.263. The molecule has 0 aromatic heterocycles. The number of hydrogen-bond acceptors (Lipinski definition) is 4. The highest BCUT2D eigenvalue weighted by molar-refractivity contribution is 6.28. The molecule has 1 saturated heterocycles. The van der Waals surface area contributed by atoms with Crippen molar-refractivity contribution in [3.8, 4) is 0 Å². The van der Waals surface area contributed by atoms with E-state index < -0.39 is 5.91 Å². The molecule has 1 aliphatic carbocycles. The number of allylic oxidation sites excluding steroid dienone is 4. The van der Waals surface area contributed by atoms with Gasteiger partial charge >= 0.3 is 0 Å². The van der Waals surface area contributed by atoms with E-state index in [1.165, 1.54) is 12.3 Å². The average Bonchev–Trinajstić information content (AvgIpc) is 2.62. The second kappa shape index (κ2) is 7.29. The van der Waals surface area contributed by atoms with Gasteiger partial charge in [-0.2, -0.15) is 0 Å². The molecule has 1 fully saturated rings. The van der Waals surface area contributed by atoms with Crippen LogP contribution in [0.3, 0.4) is 0 Å². The van der Waals surface area contributed by atoms with Crippen molar-refractivity contribution in [1.82, 2.24) is 5.32 Å². The number of hydrogen-bond donors (Lipinski definition) is 4. The number of halogens is 1. The molecular weight excluding hydrogens is 330 g/mol. The van der Waals surface area contributed by atoms with Gasteiger partial charge in [0, 0.05) is 11.8 Å². The van der Waals surface area contributed by atoms with Crippen LogP contribution in [0.2, 0.25) is 0 Å². The van der Waals surface area contributed by atoms with Crippen molar-refractivity contribution in [2.45, 2.75) is 18.2 Å². The number of nitrogens with one attached hydrogen (secondary N) is 3. The highest BCUT2D eigenvalue weighted by atomic mass is 19.1. The van der Waals surface area contributed by atoms with Crippen LogP contribution < -0.4 is 16.4 Å². The van der Waals surface area contributed by atoms with Crippen LogP contribution in [-0.4, -0.2) is 32.6 Å². The lowest BCUT2D eigenvalue weighted by Crippen LogP contribution is -2.43. The lowest BCUT2D eigenvalue weighted by Gasteiger charge is -2.35. The largest absolute Gasteiger partial charge is 0.366 e. The summed E-state index contributed by atoms with van der Waals surface area (Å²) in [5.74, 6) is -1.00. The summed E-state index contributed by atoms with van der Waals surface area (Å²) in [6, 6.07) is 5.22. The first-order valence-corrected chi connectivity index (χ1v) is 8.66. The number of carbonyl (C=O) groups excluding carboxylic acids is 1. The number of piperidine rings is 1. The van der Waals surface area contributed by atoms with E-state index in [0.717, 1.165) is 31.5 Å². The van der Waals surface area contributed by atoms with Crippen LogP contribution in [0.25, 0.3) is 0 Å². The Labute approximate surface area is 153 Å². The lowest BCUT2D eigenvalue weighted by atomic mass is 9.60. The van der Waals surface area contributed by atoms with Gasteiger partial charge in [-0.15, -0.1) is 0 Å². The number of anilines is 1. The topological polar surface area (TPSA) is 91.0 Å². The number of rotatable bonds is 4. The maximum Gasteiger partial charge on any atom is 0.250 e. The molecular formula is C19H22BFN4O. The fourth-order valence-corrected chi connectivity index (χ4v) is 3.36. The number of benzene rings is 1. The summed E-state index contributed by atoms with van der Waals surface area (Å²) in [5, 5.41) is 14.2. The van der Waals surface area contributed by atoms with Crippen molar-refractivity contribution < 1.29 is 9.18 Å². The predicted octanol–water partition coefficient (Wildman–Crippen LogP) is 1.33. The van der Waals surface area contributed by atoms with Crippen molar-refractivity contribution in [1.29, 1.82) is 5.41 Å². The summed E-state index contributed by atoms with van der Waals surface area (Å²) in [5.41, 5.74) is 7.18. The van der Waals surface area contributed by atoms with Crippen LogP contribution in [0.15, 0.2) is 53.8 Å². The molecule has 7 heteroatoms. The fourth-order valence-electron chi connectivity index (χ4n) is 3.36. The first-order valence-electron chi connectivity index (χ1n) is 8.66. The molecule has 0 bridgehead atoms. The molecule has 26 heavy (non-hydrogen) atoms. The third-order valence-electron chi connectivity index (χ3n) is 5.01. The molecule has 3 rings (SSSR count). The van der Waals surface area contributed by atoms with Gasteiger partial charge in [0.1, 0.15) is 13.7 Å².